The molecule has 0 saturated carbocycles. The van der Waals surface area contributed by atoms with Crippen molar-refractivity contribution in [2.24, 2.45) is 5.73 Å². The van der Waals surface area contributed by atoms with Gasteiger partial charge in [0.25, 0.3) is 0 Å². The Bertz CT molecular complexity index is 342. The SMILES string of the molecule is CCOC(=O)C(C)c1cccc(CN)c1.Cl. The average Bonchev–Trinajstić information content (AvgIpc) is 2.28. The van der Waals surface area contributed by atoms with Crippen molar-refractivity contribution in [2.75, 3.05) is 6.61 Å². The monoisotopic (exact) mass is 243 g/mol. The molecule has 3 nitrogen and oxygen atoms in total. The fourth-order valence-electron chi connectivity index (χ4n) is 1.39. The highest BCUT2D eigenvalue weighted by Crippen LogP contribution is 2.17. The minimum atomic E-state index is -0.226. The van der Waals surface area contributed by atoms with Gasteiger partial charge in [-0.15, -0.1) is 12.4 Å². The number of rotatable bonds is 4. The predicted octanol–water partition coefficient (Wildman–Crippen LogP) is 2.23. The first-order valence-electron chi connectivity index (χ1n) is 5.14. The van der Waals surface area contributed by atoms with Gasteiger partial charge in [0.2, 0.25) is 0 Å². The quantitative estimate of drug-likeness (QED) is 0.826. The van der Waals surface area contributed by atoms with E-state index >= 15 is 0 Å². The lowest BCUT2D eigenvalue weighted by Crippen LogP contribution is -2.13. The predicted molar refractivity (Wildman–Crippen MR) is 66.6 cm³/mol. The van der Waals surface area contributed by atoms with Crippen molar-refractivity contribution in [2.45, 2.75) is 26.3 Å². The maximum Gasteiger partial charge on any atom is 0.313 e. The summed E-state index contributed by atoms with van der Waals surface area (Å²) >= 11 is 0. The molecule has 1 unspecified atom stereocenters. The molecule has 16 heavy (non-hydrogen) atoms. The summed E-state index contributed by atoms with van der Waals surface area (Å²) < 4.78 is 4.96. The van der Waals surface area contributed by atoms with Crippen LogP contribution in [0, 0.1) is 0 Å². The second-order valence-electron chi connectivity index (χ2n) is 3.42. The number of ether oxygens (including phenoxy) is 1. The minimum absolute atomic E-state index is 0. The van der Waals surface area contributed by atoms with Crippen LogP contribution in [0.4, 0.5) is 0 Å². The van der Waals surface area contributed by atoms with Crippen LogP contribution in [-0.4, -0.2) is 12.6 Å². The fourth-order valence-corrected chi connectivity index (χ4v) is 1.39. The number of benzene rings is 1. The molecule has 0 spiro atoms. The molecule has 1 rings (SSSR count). The number of nitrogens with two attached hydrogens (primary N) is 1. The van der Waals surface area contributed by atoms with Gasteiger partial charge in [0.15, 0.2) is 0 Å². The molecular weight excluding hydrogens is 226 g/mol. The Morgan fingerprint density at radius 2 is 2.19 bits per heavy atom. The zero-order valence-corrected chi connectivity index (χ0v) is 10.4. The van der Waals surface area contributed by atoms with E-state index in [1.54, 1.807) is 6.92 Å². The molecule has 0 aliphatic heterocycles. The summed E-state index contributed by atoms with van der Waals surface area (Å²) in [6.07, 6.45) is 0. The third-order valence-electron chi connectivity index (χ3n) is 2.33. The molecule has 0 bridgehead atoms. The molecule has 90 valence electrons. The number of hydrogen-bond donors (Lipinski definition) is 1. The molecule has 4 heteroatoms. The first-order valence-corrected chi connectivity index (χ1v) is 5.14. The van der Waals surface area contributed by atoms with Crippen LogP contribution in [0.1, 0.15) is 30.9 Å². The number of hydrogen-bond acceptors (Lipinski definition) is 3. The van der Waals surface area contributed by atoms with Crippen LogP contribution in [0.2, 0.25) is 0 Å². The van der Waals surface area contributed by atoms with Crippen LogP contribution in [0.5, 0.6) is 0 Å². The van der Waals surface area contributed by atoms with Gasteiger partial charge >= 0.3 is 5.97 Å². The number of carbonyl (C=O) groups excluding carboxylic acids is 1. The Labute approximate surface area is 102 Å². The molecule has 0 aliphatic carbocycles. The number of carbonyl (C=O) groups is 1. The Morgan fingerprint density at radius 3 is 2.75 bits per heavy atom. The summed E-state index contributed by atoms with van der Waals surface area (Å²) in [4.78, 5) is 11.5. The highest BCUT2D eigenvalue weighted by molar-refractivity contribution is 5.85. The van der Waals surface area contributed by atoms with E-state index in [2.05, 4.69) is 0 Å². The molecule has 1 aromatic carbocycles. The van der Waals surface area contributed by atoms with E-state index < -0.39 is 0 Å². The standard InChI is InChI=1S/C12H17NO2.ClH/c1-3-15-12(14)9(2)11-6-4-5-10(7-11)8-13;/h4-7,9H,3,8,13H2,1-2H3;1H. The maximum absolute atomic E-state index is 11.5. The average molecular weight is 244 g/mol. The molecule has 0 amide bonds. The van der Waals surface area contributed by atoms with Crippen LogP contribution >= 0.6 is 12.4 Å². The first-order chi connectivity index (χ1) is 7.19. The third kappa shape index (κ3) is 3.83. The van der Waals surface area contributed by atoms with Crippen LogP contribution in [-0.2, 0) is 16.1 Å². The van der Waals surface area contributed by atoms with Gasteiger partial charge in [-0.25, -0.2) is 0 Å². The van der Waals surface area contributed by atoms with Gasteiger partial charge in [0, 0.05) is 6.54 Å². The Morgan fingerprint density at radius 1 is 1.50 bits per heavy atom. The van der Waals surface area contributed by atoms with Crippen molar-refractivity contribution in [1.29, 1.82) is 0 Å². The van der Waals surface area contributed by atoms with Crippen LogP contribution in [0.3, 0.4) is 0 Å². The molecule has 0 aromatic heterocycles. The maximum atomic E-state index is 11.5. The Hall–Kier alpha value is -1.06. The van der Waals surface area contributed by atoms with Crippen molar-refractivity contribution in [3.05, 3.63) is 35.4 Å². The van der Waals surface area contributed by atoms with Gasteiger partial charge in [-0.1, -0.05) is 24.3 Å². The van der Waals surface area contributed by atoms with E-state index in [-0.39, 0.29) is 24.3 Å². The molecule has 1 atom stereocenters. The third-order valence-corrected chi connectivity index (χ3v) is 2.33. The summed E-state index contributed by atoms with van der Waals surface area (Å²) in [6, 6.07) is 7.72. The second kappa shape index (κ2) is 7.25. The van der Waals surface area contributed by atoms with Gasteiger partial charge in [-0.3, -0.25) is 4.79 Å². The molecule has 0 radical (unpaired) electrons. The summed E-state index contributed by atoms with van der Waals surface area (Å²) in [5.74, 6) is -0.414. The van der Waals surface area contributed by atoms with Crippen molar-refractivity contribution in [3.63, 3.8) is 0 Å². The fraction of sp³-hybridized carbons (Fsp3) is 0.417. The van der Waals surface area contributed by atoms with Gasteiger partial charge in [0.05, 0.1) is 12.5 Å². The Kier molecular flexibility index (Phi) is 6.77. The minimum Gasteiger partial charge on any atom is -0.466 e. The zero-order chi connectivity index (χ0) is 11.3. The van der Waals surface area contributed by atoms with Gasteiger partial charge in [0.1, 0.15) is 0 Å². The molecule has 0 saturated heterocycles. The molecule has 0 aliphatic rings. The van der Waals surface area contributed by atoms with Crippen LogP contribution in [0.25, 0.3) is 0 Å². The van der Waals surface area contributed by atoms with Crippen molar-refractivity contribution >= 4 is 18.4 Å². The normalized spacial score (nSPS) is 11.4. The van der Waals surface area contributed by atoms with E-state index in [1.165, 1.54) is 0 Å². The van der Waals surface area contributed by atoms with Crippen molar-refractivity contribution in [3.8, 4) is 0 Å². The van der Waals surface area contributed by atoms with Crippen LogP contribution < -0.4 is 5.73 Å². The highest BCUT2D eigenvalue weighted by atomic mass is 35.5. The smallest absolute Gasteiger partial charge is 0.313 e. The van der Waals surface area contributed by atoms with Crippen LogP contribution in [0.15, 0.2) is 24.3 Å². The Balaban J connectivity index is 0.00000225. The van der Waals surface area contributed by atoms with E-state index in [0.29, 0.717) is 13.2 Å². The summed E-state index contributed by atoms with van der Waals surface area (Å²) in [5.41, 5.74) is 7.52. The summed E-state index contributed by atoms with van der Waals surface area (Å²) in [5, 5.41) is 0. The van der Waals surface area contributed by atoms with E-state index in [4.69, 9.17) is 10.5 Å². The van der Waals surface area contributed by atoms with Gasteiger partial charge < -0.3 is 10.5 Å². The van der Waals surface area contributed by atoms with Gasteiger partial charge in [-0.2, -0.15) is 0 Å². The topological polar surface area (TPSA) is 52.3 Å². The summed E-state index contributed by atoms with van der Waals surface area (Å²) in [6.45, 7) is 4.55. The second-order valence-corrected chi connectivity index (χ2v) is 3.42. The van der Waals surface area contributed by atoms with E-state index in [9.17, 15) is 4.79 Å². The summed E-state index contributed by atoms with van der Waals surface area (Å²) in [7, 11) is 0. The van der Waals surface area contributed by atoms with Gasteiger partial charge in [-0.05, 0) is 25.0 Å². The lowest BCUT2D eigenvalue weighted by atomic mass is 9.99. The van der Waals surface area contributed by atoms with Crippen molar-refractivity contribution < 1.29 is 9.53 Å². The number of halogens is 1. The first kappa shape index (κ1) is 14.9. The van der Waals surface area contributed by atoms with E-state index in [1.807, 2.05) is 31.2 Å². The van der Waals surface area contributed by atoms with Crippen molar-refractivity contribution in [1.82, 2.24) is 0 Å². The zero-order valence-electron chi connectivity index (χ0n) is 9.60. The highest BCUT2D eigenvalue weighted by Gasteiger charge is 2.15. The molecular formula is C12H18ClNO2. The molecule has 0 fully saturated rings. The largest absolute Gasteiger partial charge is 0.466 e. The lowest BCUT2D eigenvalue weighted by Gasteiger charge is -2.11. The molecule has 1 aromatic rings. The lowest BCUT2D eigenvalue weighted by molar-refractivity contribution is -0.144. The number of esters is 1. The molecule has 2 N–H and O–H groups in total. The molecule has 0 heterocycles. The van der Waals surface area contributed by atoms with E-state index in [0.717, 1.165) is 11.1 Å².